The van der Waals surface area contributed by atoms with E-state index < -0.39 is 0 Å². The Labute approximate surface area is 101 Å². The third-order valence-corrected chi connectivity index (χ3v) is 2.73. The molecule has 0 bridgehead atoms. The highest BCUT2D eigenvalue weighted by Gasteiger charge is 2.17. The number of hydrogen-bond acceptors (Lipinski definition) is 3. The van der Waals surface area contributed by atoms with E-state index in [-0.39, 0.29) is 12.5 Å². The maximum Gasteiger partial charge on any atom is 0.191 e. The summed E-state index contributed by atoms with van der Waals surface area (Å²) in [6.07, 6.45) is 0. The molecule has 0 unspecified atom stereocenters. The SMILES string of the molecule is Cc1nc(-c2ccccc2CO)c(C(C)C)o1. The zero-order chi connectivity index (χ0) is 12.4. The number of aromatic nitrogens is 1. The molecule has 2 aromatic rings. The van der Waals surface area contributed by atoms with Gasteiger partial charge in [0.15, 0.2) is 5.89 Å². The monoisotopic (exact) mass is 231 g/mol. The summed E-state index contributed by atoms with van der Waals surface area (Å²) in [4.78, 5) is 4.43. The van der Waals surface area contributed by atoms with Crippen molar-refractivity contribution in [2.24, 2.45) is 0 Å². The van der Waals surface area contributed by atoms with Crippen molar-refractivity contribution in [1.82, 2.24) is 4.98 Å². The van der Waals surface area contributed by atoms with Gasteiger partial charge in [-0.1, -0.05) is 38.1 Å². The van der Waals surface area contributed by atoms with Crippen LogP contribution in [0.1, 0.15) is 37.0 Å². The van der Waals surface area contributed by atoms with E-state index in [1.54, 1.807) is 0 Å². The number of benzene rings is 1. The number of aryl methyl sites for hydroxylation is 1. The molecule has 1 N–H and O–H groups in total. The molecule has 0 saturated carbocycles. The Balaban J connectivity index is 2.59. The van der Waals surface area contributed by atoms with E-state index in [4.69, 9.17) is 4.42 Å². The van der Waals surface area contributed by atoms with Crippen LogP contribution in [0.5, 0.6) is 0 Å². The third-order valence-electron chi connectivity index (χ3n) is 2.73. The van der Waals surface area contributed by atoms with Crippen molar-refractivity contribution in [3.63, 3.8) is 0 Å². The van der Waals surface area contributed by atoms with Crippen LogP contribution in [0.15, 0.2) is 28.7 Å². The topological polar surface area (TPSA) is 46.3 Å². The van der Waals surface area contributed by atoms with Gasteiger partial charge in [0.25, 0.3) is 0 Å². The normalized spacial score (nSPS) is 11.1. The van der Waals surface area contributed by atoms with Crippen LogP contribution in [0, 0.1) is 6.92 Å². The van der Waals surface area contributed by atoms with E-state index in [9.17, 15) is 5.11 Å². The first-order chi connectivity index (χ1) is 8.13. The zero-order valence-corrected chi connectivity index (χ0v) is 10.4. The van der Waals surface area contributed by atoms with Crippen molar-refractivity contribution in [3.8, 4) is 11.3 Å². The second-order valence-corrected chi connectivity index (χ2v) is 4.42. The largest absolute Gasteiger partial charge is 0.445 e. The number of hydrogen-bond donors (Lipinski definition) is 1. The molecule has 0 radical (unpaired) electrons. The molecule has 1 aromatic carbocycles. The molecule has 0 fully saturated rings. The summed E-state index contributed by atoms with van der Waals surface area (Å²) in [6, 6.07) is 7.73. The van der Waals surface area contributed by atoms with Crippen molar-refractivity contribution >= 4 is 0 Å². The highest BCUT2D eigenvalue weighted by Crippen LogP contribution is 2.31. The molecule has 90 valence electrons. The Bertz CT molecular complexity index is 515. The first-order valence-corrected chi connectivity index (χ1v) is 5.80. The van der Waals surface area contributed by atoms with Crippen LogP contribution >= 0.6 is 0 Å². The van der Waals surface area contributed by atoms with Crippen molar-refractivity contribution in [1.29, 1.82) is 0 Å². The molecular weight excluding hydrogens is 214 g/mol. The molecule has 0 amide bonds. The van der Waals surface area contributed by atoms with Gasteiger partial charge in [0.2, 0.25) is 0 Å². The van der Waals surface area contributed by atoms with Gasteiger partial charge in [-0.05, 0) is 5.56 Å². The standard InChI is InChI=1S/C14H17NO2/c1-9(2)14-13(15-10(3)17-14)12-7-5-4-6-11(12)8-16/h4-7,9,16H,8H2,1-3H3. The van der Waals surface area contributed by atoms with E-state index in [0.29, 0.717) is 5.89 Å². The Hall–Kier alpha value is -1.61. The van der Waals surface area contributed by atoms with Gasteiger partial charge in [0, 0.05) is 18.4 Å². The van der Waals surface area contributed by atoms with E-state index in [1.165, 1.54) is 0 Å². The molecule has 0 atom stereocenters. The van der Waals surface area contributed by atoms with E-state index >= 15 is 0 Å². The molecule has 2 rings (SSSR count). The lowest BCUT2D eigenvalue weighted by molar-refractivity contribution is 0.282. The molecule has 0 aliphatic heterocycles. The van der Waals surface area contributed by atoms with Crippen molar-refractivity contribution in [2.75, 3.05) is 0 Å². The van der Waals surface area contributed by atoms with Gasteiger partial charge in [-0.15, -0.1) is 0 Å². The van der Waals surface area contributed by atoms with Crippen LogP contribution in [-0.4, -0.2) is 10.1 Å². The van der Waals surface area contributed by atoms with Crippen LogP contribution in [0.4, 0.5) is 0 Å². The van der Waals surface area contributed by atoms with Crippen molar-refractivity contribution in [3.05, 3.63) is 41.5 Å². The lowest BCUT2D eigenvalue weighted by Gasteiger charge is -2.07. The number of nitrogens with zero attached hydrogens (tertiary/aromatic N) is 1. The van der Waals surface area contributed by atoms with Crippen LogP contribution in [0.25, 0.3) is 11.3 Å². The minimum Gasteiger partial charge on any atom is -0.445 e. The average molecular weight is 231 g/mol. The van der Waals surface area contributed by atoms with Crippen LogP contribution in [0.3, 0.4) is 0 Å². The van der Waals surface area contributed by atoms with Crippen LogP contribution in [-0.2, 0) is 6.61 Å². The summed E-state index contributed by atoms with van der Waals surface area (Å²) in [5, 5.41) is 9.36. The molecule has 3 nitrogen and oxygen atoms in total. The van der Waals surface area contributed by atoms with Gasteiger partial charge in [-0.3, -0.25) is 0 Å². The predicted molar refractivity (Wildman–Crippen MR) is 66.7 cm³/mol. The number of rotatable bonds is 3. The average Bonchev–Trinajstić information content (AvgIpc) is 2.71. The fourth-order valence-electron chi connectivity index (χ4n) is 1.92. The highest BCUT2D eigenvalue weighted by atomic mass is 16.4. The zero-order valence-electron chi connectivity index (χ0n) is 10.4. The molecule has 17 heavy (non-hydrogen) atoms. The summed E-state index contributed by atoms with van der Waals surface area (Å²) in [7, 11) is 0. The summed E-state index contributed by atoms with van der Waals surface area (Å²) in [5.41, 5.74) is 2.68. The summed E-state index contributed by atoms with van der Waals surface area (Å²) in [6.45, 7) is 6.01. The second-order valence-electron chi connectivity index (χ2n) is 4.42. The lowest BCUT2D eigenvalue weighted by Crippen LogP contribution is -1.94. The van der Waals surface area contributed by atoms with Crippen molar-refractivity contribution < 1.29 is 9.52 Å². The predicted octanol–water partition coefficient (Wildman–Crippen LogP) is 3.27. The van der Waals surface area contributed by atoms with Gasteiger partial charge >= 0.3 is 0 Å². The number of aliphatic hydroxyl groups excluding tert-OH is 1. The molecule has 3 heteroatoms. The molecule has 0 spiro atoms. The molecule has 1 aromatic heterocycles. The van der Waals surface area contributed by atoms with Gasteiger partial charge in [-0.2, -0.15) is 0 Å². The Kier molecular flexibility index (Phi) is 3.29. The van der Waals surface area contributed by atoms with Gasteiger partial charge < -0.3 is 9.52 Å². The fourth-order valence-corrected chi connectivity index (χ4v) is 1.92. The summed E-state index contributed by atoms with van der Waals surface area (Å²) < 4.78 is 5.64. The van der Waals surface area contributed by atoms with Gasteiger partial charge in [0.1, 0.15) is 11.5 Å². The first kappa shape index (κ1) is 11.9. The highest BCUT2D eigenvalue weighted by molar-refractivity contribution is 5.65. The molecular formula is C14H17NO2. The number of aliphatic hydroxyl groups is 1. The smallest absolute Gasteiger partial charge is 0.191 e. The van der Waals surface area contributed by atoms with Crippen LogP contribution < -0.4 is 0 Å². The van der Waals surface area contributed by atoms with E-state index in [0.717, 1.165) is 22.6 Å². The summed E-state index contributed by atoms with van der Waals surface area (Å²) >= 11 is 0. The molecule has 1 heterocycles. The molecule has 0 saturated heterocycles. The van der Waals surface area contributed by atoms with E-state index in [2.05, 4.69) is 18.8 Å². The lowest BCUT2D eigenvalue weighted by atomic mass is 10.0. The Morgan fingerprint density at radius 2 is 2.00 bits per heavy atom. The Morgan fingerprint density at radius 3 is 2.65 bits per heavy atom. The minimum absolute atomic E-state index is 0.0135. The van der Waals surface area contributed by atoms with E-state index in [1.807, 2.05) is 31.2 Å². The van der Waals surface area contributed by atoms with Crippen LogP contribution in [0.2, 0.25) is 0 Å². The molecule has 0 aliphatic rings. The van der Waals surface area contributed by atoms with Gasteiger partial charge in [0.05, 0.1) is 6.61 Å². The maximum absolute atomic E-state index is 9.36. The minimum atomic E-state index is 0.0135. The fraction of sp³-hybridized carbons (Fsp3) is 0.357. The molecule has 0 aliphatic carbocycles. The van der Waals surface area contributed by atoms with Gasteiger partial charge in [-0.25, -0.2) is 4.98 Å². The first-order valence-electron chi connectivity index (χ1n) is 5.80. The van der Waals surface area contributed by atoms with Crippen molar-refractivity contribution in [2.45, 2.75) is 33.3 Å². The quantitative estimate of drug-likeness (QED) is 0.881. The second kappa shape index (κ2) is 4.72. The Morgan fingerprint density at radius 1 is 1.29 bits per heavy atom. The summed E-state index contributed by atoms with van der Waals surface area (Å²) in [5.74, 6) is 1.82. The third kappa shape index (κ3) is 2.24. The number of oxazole rings is 1. The maximum atomic E-state index is 9.36.